The maximum absolute atomic E-state index is 12.8. The van der Waals surface area contributed by atoms with Crippen LogP contribution in [0.4, 0.5) is 4.79 Å². The molecule has 0 bridgehead atoms. The van der Waals surface area contributed by atoms with Gasteiger partial charge in [-0.3, -0.25) is 19.3 Å². The Hall–Kier alpha value is -3.26. The summed E-state index contributed by atoms with van der Waals surface area (Å²) in [4.78, 5) is 38.8. The molecule has 7 nitrogen and oxygen atoms in total. The van der Waals surface area contributed by atoms with Gasteiger partial charge in [-0.05, 0) is 66.4 Å². The van der Waals surface area contributed by atoms with E-state index in [1.165, 1.54) is 12.0 Å². The highest BCUT2D eigenvalue weighted by atomic mass is 32.2. The molecule has 1 aliphatic carbocycles. The number of carbonyl (C=O) groups excluding carboxylic acids is 3. The summed E-state index contributed by atoms with van der Waals surface area (Å²) in [5.41, 5.74) is 2.66. The van der Waals surface area contributed by atoms with Crippen molar-refractivity contribution in [3.8, 4) is 11.5 Å². The van der Waals surface area contributed by atoms with Crippen LogP contribution in [-0.4, -0.2) is 41.7 Å². The summed E-state index contributed by atoms with van der Waals surface area (Å²) in [6.07, 6.45) is 3.69. The number of hydrogen-bond donors (Lipinski definition) is 1. The molecule has 3 amide bonds. The quantitative estimate of drug-likeness (QED) is 0.612. The van der Waals surface area contributed by atoms with E-state index in [-0.39, 0.29) is 36.2 Å². The Morgan fingerprint density at radius 3 is 2.69 bits per heavy atom. The number of carbonyl (C=O) groups is 3. The topological polar surface area (TPSA) is 84.9 Å². The zero-order valence-electron chi connectivity index (χ0n) is 17.9. The number of thioether (sulfide) groups is 1. The van der Waals surface area contributed by atoms with E-state index in [0.717, 1.165) is 35.7 Å². The summed E-state index contributed by atoms with van der Waals surface area (Å²) in [5.74, 6) is 0.389. The molecule has 1 aliphatic heterocycles. The van der Waals surface area contributed by atoms with Gasteiger partial charge >= 0.3 is 0 Å². The van der Waals surface area contributed by atoms with E-state index in [2.05, 4.69) is 5.32 Å². The van der Waals surface area contributed by atoms with Crippen molar-refractivity contribution in [2.75, 3.05) is 13.7 Å². The van der Waals surface area contributed by atoms with Crippen LogP contribution in [0.15, 0.2) is 47.4 Å². The van der Waals surface area contributed by atoms with Crippen molar-refractivity contribution in [3.63, 3.8) is 0 Å². The van der Waals surface area contributed by atoms with E-state index in [4.69, 9.17) is 9.47 Å². The molecule has 1 saturated carbocycles. The van der Waals surface area contributed by atoms with E-state index < -0.39 is 0 Å². The molecule has 2 aromatic carbocycles. The molecule has 2 aromatic rings. The van der Waals surface area contributed by atoms with Crippen molar-refractivity contribution in [3.05, 3.63) is 64.1 Å². The first kappa shape index (κ1) is 22.0. The molecule has 1 heterocycles. The van der Waals surface area contributed by atoms with Crippen molar-refractivity contribution in [1.82, 2.24) is 10.2 Å². The number of nitrogens with zero attached hydrogens (tertiary/aromatic N) is 1. The van der Waals surface area contributed by atoms with Gasteiger partial charge < -0.3 is 14.8 Å². The van der Waals surface area contributed by atoms with Crippen molar-refractivity contribution >= 4 is 34.9 Å². The van der Waals surface area contributed by atoms with Crippen LogP contribution in [0.5, 0.6) is 11.5 Å². The zero-order valence-corrected chi connectivity index (χ0v) is 18.7. The molecule has 4 rings (SSSR count). The number of hydrogen-bond acceptors (Lipinski definition) is 6. The number of methoxy groups -OCH3 is 1. The Morgan fingerprint density at radius 2 is 1.97 bits per heavy atom. The van der Waals surface area contributed by atoms with Crippen LogP contribution in [0, 0.1) is 6.92 Å². The first-order chi connectivity index (χ1) is 15.4. The number of ether oxygens (including phenoxy) is 2. The number of amides is 3. The molecule has 0 spiro atoms. The summed E-state index contributed by atoms with van der Waals surface area (Å²) >= 11 is 0.919. The SMILES string of the molecule is COc1cc(/C=C2\SC(=O)N(Cc3ccccc3C)C2=O)ccc1OCC(=O)NC1CC1. The number of rotatable bonds is 8. The lowest BCUT2D eigenvalue weighted by molar-refractivity contribution is -0.124. The van der Waals surface area contributed by atoms with E-state index in [9.17, 15) is 14.4 Å². The van der Waals surface area contributed by atoms with Crippen LogP contribution in [0.1, 0.15) is 29.5 Å². The lowest BCUT2D eigenvalue weighted by Crippen LogP contribution is -2.30. The van der Waals surface area contributed by atoms with Gasteiger partial charge in [-0.25, -0.2) is 0 Å². The highest BCUT2D eigenvalue weighted by Crippen LogP contribution is 2.35. The molecule has 32 heavy (non-hydrogen) atoms. The van der Waals surface area contributed by atoms with Gasteiger partial charge in [0.05, 0.1) is 18.6 Å². The van der Waals surface area contributed by atoms with E-state index in [1.807, 2.05) is 31.2 Å². The van der Waals surface area contributed by atoms with Crippen molar-refractivity contribution in [2.24, 2.45) is 0 Å². The molecule has 1 saturated heterocycles. The maximum Gasteiger partial charge on any atom is 0.293 e. The normalized spacial score (nSPS) is 17.1. The first-order valence-electron chi connectivity index (χ1n) is 10.3. The number of aryl methyl sites for hydroxylation is 1. The van der Waals surface area contributed by atoms with Crippen LogP contribution in [0.2, 0.25) is 0 Å². The van der Waals surface area contributed by atoms with Gasteiger partial charge in [-0.1, -0.05) is 30.3 Å². The molecule has 2 fully saturated rings. The van der Waals surface area contributed by atoms with Gasteiger partial charge in [0, 0.05) is 6.04 Å². The average Bonchev–Trinajstić information content (AvgIpc) is 3.56. The molecule has 166 valence electrons. The third kappa shape index (κ3) is 5.13. The molecular formula is C24H24N2O5S. The molecule has 0 radical (unpaired) electrons. The average molecular weight is 453 g/mol. The predicted octanol–water partition coefficient (Wildman–Crippen LogP) is 3.90. The monoisotopic (exact) mass is 452 g/mol. The summed E-state index contributed by atoms with van der Waals surface area (Å²) in [6.45, 7) is 2.10. The smallest absolute Gasteiger partial charge is 0.293 e. The fraction of sp³-hybridized carbons (Fsp3) is 0.292. The molecule has 0 atom stereocenters. The summed E-state index contributed by atoms with van der Waals surface area (Å²) < 4.78 is 11.0. The van der Waals surface area contributed by atoms with Gasteiger partial charge in [0.15, 0.2) is 18.1 Å². The first-order valence-corrected chi connectivity index (χ1v) is 11.2. The highest BCUT2D eigenvalue weighted by Gasteiger charge is 2.35. The van der Waals surface area contributed by atoms with Crippen LogP contribution < -0.4 is 14.8 Å². The second-order valence-electron chi connectivity index (χ2n) is 7.74. The largest absolute Gasteiger partial charge is 0.493 e. The Bertz CT molecular complexity index is 1090. The number of nitrogens with one attached hydrogen (secondary N) is 1. The predicted molar refractivity (Wildman–Crippen MR) is 122 cm³/mol. The minimum atomic E-state index is -0.320. The number of benzene rings is 2. The summed E-state index contributed by atoms with van der Waals surface area (Å²) in [5, 5.41) is 2.57. The van der Waals surface area contributed by atoms with Gasteiger partial charge in [-0.2, -0.15) is 0 Å². The molecule has 0 aromatic heterocycles. The minimum Gasteiger partial charge on any atom is -0.493 e. The lowest BCUT2D eigenvalue weighted by Gasteiger charge is -2.14. The van der Waals surface area contributed by atoms with Gasteiger partial charge in [0.1, 0.15) is 0 Å². The van der Waals surface area contributed by atoms with E-state index in [1.54, 1.807) is 24.3 Å². The molecule has 8 heteroatoms. The molecule has 1 N–H and O–H groups in total. The second kappa shape index (κ2) is 9.48. The van der Waals surface area contributed by atoms with Gasteiger partial charge in [0.25, 0.3) is 17.1 Å². The Kier molecular flexibility index (Phi) is 6.50. The second-order valence-corrected chi connectivity index (χ2v) is 8.73. The molecule has 2 aliphatic rings. The summed E-state index contributed by atoms with van der Waals surface area (Å²) in [7, 11) is 1.51. The maximum atomic E-state index is 12.8. The summed E-state index contributed by atoms with van der Waals surface area (Å²) in [6, 6.07) is 13.1. The fourth-order valence-corrected chi connectivity index (χ4v) is 4.12. The number of imide groups is 1. The lowest BCUT2D eigenvalue weighted by atomic mass is 10.1. The fourth-order valence-electron chi connectivity index (χ4n) is 3.28. The van der Waals surface area contributed by atoms with Crippen LogP contribution in [-0.2, 0) is 16.1 Å². The van der Waals surface area contributed by atoms with E-state index in [0.29, 0.717) is 22.0 Å². The van der Waals surface area contributed by atoms with Crippen molar-refractivity contribution < 1.29 is 23.9 Å². The van der Waals surface area contributed by atoms with E-state index >= 15 is 0 Å². The van der Waals surface area contributed by atoms with Crippen molar-refractivity contribution in [1.29, 1.82) is 0 Å². The van der Waals surface area contributed by atoms with Crippen molar-refractivity contribution in [2.45, 2.75) is 32.4 Å². The van der Waals surface area contributed by atoms with Crippen LogP contribution in [0.25, 0.3) is 6.08 Å². The third-order valence-electron chi connectivity index (χ3n) is 5.25. The highest BCUT2D eigenvalue weighted by molar-refractivity contribution is 8.18. The third-order valence-corrected chi connectivity index (χ3v) is 6.16. The van der Waals surface area contributed by atoms with Gasteiger partial charge in [-0.15, -0.1) is 0 Å². The Morgan fingerprint density at radius 1 is 1.19 bits per heavy atom. The molecular weight excluding hydrogens is 428 g/mol. The standard InChI is InChI=1S/C24H24N2O5S/c1-15-5-3-4-6-17(15)13-26-23(28)21(32-24(26)29)12-16-7-10-19(20(11-16)30-2)31-14-22(27)25-18-8-9-18/h3-7,10-12,18H,8-9,13-14H2,1-2H3,(H,25,27)/b21-12-. The molecule has 0 unspecified atom stereocenters. The zero-order chi connectivity index (χ0) is 22.7. The van der Waals surface area contributed by atoms with Crippen LogP contribution in [0.3, 0.4) is 0 Å². The minimum absolute atomic E-state index is 0.0933. The van der Waals surface area contributed by atoms with Crippen LogP contribution >= 0.6 is 11.8 Å². The van der Waals surface area contributed by atoms with Gasteiger partial charge in [0.2, 0.25) is 0 Å². The Labute approximate surface area is 190 Å². The Balaban J connectivity index is 1.45.